The minimum absolute atomic E-state index is 0.161. The predicted molar refractivity (Wildman–Crippen MR) is 107 cm³/mol. The van der Waals surface area contributed by atoms with E-state index in [0.29, 0.717) is 28.7 Å². The van der Waals surface area contributed by atoms with Crippen molar-refractivity contribution in [2.45, 2.75) is 25.5 Å². The standard InChI is InChI=1S/C21H24ClNO5/c1-25-19-10-15(18(22)11-20(19)26-2)12-23-21(24)14-5-7-16(8-6-14)28-13-17-4-3-9-27-17/h5-8,10-11,17H,3-4,9,12-13H2,1-2H3,(H,23,24). The highest BCUT2D eigenvalue weighted by Crippen LogP contribution is 2.33. The summed E-state index contributed by atoms with van der Waals surface area (Å²) < 4.78 is 21.7. The highest BCUT2D eigenvalue weighted by molar-refractivity contribution is 6.31. The number of nitrogens with one attached hydrogen (secondary N) is 1. The Bertz CT molecular complexity index is 803. The third-order valence-electron chi connectivity index (χ3n) is 4.57. The molecule has 1 amide bonds. The molecule has 0 saturated carbocycles. The summed E-state index contributed by atoms with van der Waals surface area (Å²) in [5.41, 5.74) is 1.28. The monoisotopic (exact) mass is 405 g/mol. The van der Waals surface area contributed by atoms with E-state index in [1.807, 2.05) is 0 Å². The first-order chi connectivity index (χ1) is 13.6. The van der Waals surface area contributed by atoms with Crippen LogP contribution in [-0.4, -0.2) is 39.4 Å². The number of rotatable bonds is 8. The first kappa shape index (κ1) is 20.3. The molecule has 3 rings (SSSR count). The smallest absolute Gasteiger partial charge is 0.251 e. The molecule has 6 nitrogen and oxygen atoms in total. The van der Waals surface area contributed by atoms with Gasteiger partial charge >= 0.3 is 0 Å². The van der Waals surface area contributed by atoms with Crippen LogP contribution in [0.5, 0.6) is 17.2 Å². The van der Waals surface area contributed by atoms with Gasteiger partial charge in [-0.25, -0.2) is 0 Å². The van der Waals surface area contributed by atoms with Crippen LogP contribution in [0.25, 0.3) is 0 Å². The van der Waals surface area contributed by atoms with Gasteiger partial charge in [-0.1, -0.05) is 11.6 Å². The van der Waals surface area contributed by atoms with Crippen molar-refractivity contribution in [3.05, 3.63) is 52.5 Å². The van der Waals surface area contributed by atoms with E-state index in [0.717, 1.165) is 30.8 Å². The van der Waals surface area contributed by atoms with Crippen molar-refractivity contribution >= 4 is 17.5 Å². The first-order valence-electron chi connectivity index (χ1n) is 9.13. The Morgan fingerprint density at radius 2 is 1.89 bits per heavy atom. The summed E-state index contributed by atoms with van der Waals surface area (Å²) in [6, 6.07) is 10.5. The second-order valence-electron chi connectivity index (χ2n) is 6.45. The number of amides is 1. The second kappa shape index (κ2) is 9.66. The van der Waals surface area contributed by atoms with Crippen LogP contribution in [0.3, 0.4) is 0 Å². The van der Waals surface area contributed by atoms with Crippen LogP contribution >= 0.6 is 11.6 Å². The molecule has 2 aromatic rings. The zero-order valence-corrected chi connectivity index (χ0v) is 16.8. The molecular weight excluding hydrogens is 382 g/mol. The molecule has 0 bridgehead atoms. The molecule has 150 valence electrons. The molecule has 1 atom stereocenters. The minimum atomic E-state index is -0.198. The van der Waals surface area contributed by atoms with Crippen molar-refractivity contribution < 1.29 is 23.7 Å². The predicted octanol–water partition coefficient (Wildman–Crippen LogP) is 3.85. The van der Waals surface area contributed by atoms with Crippen molar-refractivity contribution in [2.24, 2.45) is 0 Å². The summed E-state index contributed by atoms with van der Waals surface area (Å²) in [4.78, 5) is 12.4. The molecule has 7 heteroatoms. The molecule has 1 N–H and O–H groups in total. The lowest BCUT2D eigenvalue weighted by Crippen LogP contribution is -2.23. The molecule has 1 fully saturated rings. The Hall–Kier alpha value is -2.44. The summed E-state index contributed by atoms with van der Waals surface area (Å²) in [6.07, 6.45) is 2.27. The van der Waals surface area contributed by atoms with Crippen LogP contribution < -0.4 is 19.5 Å². The molecule has 1 aliphatic rings. The summed E-state index contributed by atoms with van der Waals surface area (Å²) in [5.74, 6) is 1.62. The van der Waals surface area contributed by atoms with Crippen LogP contribution in [-0.2, 0) is 11.3 Å². The molecule has 28 heavy (non-hydrogen) atoms. The van der Waals surface area contributed by atoms with E-state index in [2.05, 4.69) is 5.32 Å². The van der Waals surface area contributed by atoms with Crippen molar-refractivity contribution in [1.82, 2.24) is 5.32 Å². The molecule has 1 heterocycles. The van der Waals surface area contributed by atoms with Gasteiger partial charge in [-0.05, 0) is 48.7 Å². The minimum Gasteiger partial charge on any atom is -0.493 e. The van der Waals surface area contributed by atoms with Gasteiger partial charge in [0.2, 0.25) is 0 Å². The fraction of sp³-hybridized carbons (Fsp3) is 0.381. The SMILES string of the molecule is COc1cc(Cl)c(CNC(=O)c2ccc(OCC3CCCO3)cc2)cc1OC. The zero-order valence-electron chi connectivity index (χ0n) is 16.0. The van der Waals surface area contributed by atoms with Crippen LogP contribution in [0.4, 0.5) is 0 Å². The van der Waals surface area contributed by atoms with Crippen LogP contribution in [0.2, 0.25) is 5.02 Å². The number of carbonyl (C=O) groups excluding carboxylic acids is 1. The van der Waals surface area contributed by atoms with E-state index in [4.69, 9.17) is 30.5 Å². The van der Waals surface area contributed by atoms with Crippen molar-refractivity contribution in [3.8, 4) is 17.2 Å². The first-order valence-corrected chi connectivity index (χ1v) is 9.51. The molecule has 0 aliphatic carbocycles. The zero-order chi connectivity index (χ0) is 19.9. The molecule has 2 aromatic carbocycles. The number of halogens is 1. The Labute approximate surface area is 169 Å². The summed E-state index contributed by atoms with van der Waals surface area (Å²) >= 11 is 6.26. The van der Waals surface area contributed by atoms with Crippen LogP contribution in [0.1, 0.15) is 28.8 Å². The van der Waals surface area contributed by atoms with Gasteiger partial charge in [0.05, 0.1) is 20.3 Å². The third kappa shape index (κ3) is 5.09. The molecule has 0 radical (unpaired) electrons. The van der Waals surface area contributed by atoms with E-state index in [-0.39, 0.29) is 18.6 Å². The molecule has 1 aliphatic heterocycles. The van der Waals surface area contributed by atoms with Gasteiger partial charge in [0, 0.05) is 29.8 Å². The molecule has 0 aromatic heterocycles. The van der Waals surface area contributed by atoms with Crippen LogP contribution in [0, 0.1) is 0 Å². The van der Waals surface area contributed by atoms with E-state index < -0.39 is 0 Å². The summed E-state index contributed by atoms with van der Waals surface area (Å²) in [5, 5.41) is 3.36. The number of hydrogen-bond acceptors (Lipinski definition) is 5. The lowest BCUT2D eigenvalue weighted by molar-refractivity contribution is 0.0679. The van der Waals surface area contributed by atoms with Crippen molar-refractivity contribution in [2.75, 3.05) is 27.4 Å². The largest absolute Gasteiger partial charge is 0.493 e. The average Bonchev–Trinajstić information content (AvgIpc) is 3.25. The third-order valence-corrected chi connectivity index (χ3v) is 4.92. The number of carbonyl (C=O) groups is 1. The molecule has 1 saturated heterocycles. The van der Waals surface area contributed by atoms with E-state index in [1.165, 1.54) is 0 Å². The summed E-state index contributed by atoms with van der Waals surface area (Å²) in [7, 11) is 3.10. The highest BCUT2D eigenvalue weighted by Gasteiger charge is 2.16. The summed E-state index contributed by atoms with van der Waals surface area (Å²) in [6.45, 7) is 1.61. The Morgan fingerprint density at radius 1 is 1.18 bits per heavy atom. The van der Waals surface area contributed by atoms with E-state index in [1.54, 1.807) is 50.6 Å². The highest BCUT2D eigenvalue weighted by atomic mass is 35.5. The Kier molecular flexibility index (Phi) is 7.01. The maximum atomic E-state index is 12.4. The van der Waals surface area contributed by atoms with Gasteiger partial charge in [0.1, 0.15) is 12.4 Å². The van der Waals surface area contributed by atoms with Gasteiger partial charge < -0.3 is 24.3 Å². The normalized spacial score (nSPS) is 15.9. The number of benzene rings is 2. The van der Waals surface area contributed by atoms with Gasteiger partial charge in [0.15, 0.2) is 11.5 Å². The van der Waals surface area contributed by atoms with Crippen molar-refractivity contribution in [1.29, 1.82) is 0 Å². The number of hydrogen-bond donors (Lipinski definition) is 1. The average molecular weight is 406 g/mol. The van der Waals surface area contributed by atoms with Gasteiger partial charge in [-0.3, -0.25) is 4.79 Å². The molecular formula is C21H24ClNO5. The van der Waals surface area contributed by atoms with Crippen molar-refractivity contribution in [3.63, 3.8) is 0 Å². The molecule has 1 unspecified atom stereocenters. The van der Waals surface area contributed by atoms with Gasteiger partial charge in [-0.2, -0.15) is 0 Å². The van der Waals surface area contributed by atoms with E-state index in [9.17, 15) is 4.79 Å². The van der Waals surface area contributed by atoms with E-state index >= 15 is 0 Å². The van der Waals surface area contributed by atoms with Gasteiger partial charge in [0.25, 0.3) is 5.91 Å². The fourth-order valence-electron chi connectivity index (χ4n) is 2.98. The Balaban J connectivity index is 1.56. The number of ether oxygens (including phenoxy) is 4. The lowest BCUT2D eigenvalue weighted by atomic mass is 10.1. The maximum absolute atomic E-state index is 12.4. The Morgan fingerprint density at radius 3 is 2.54 bits per heavy atom. The lowest BCUT2D eigenvalue weighted by Gasteiger charge is -2.13. The molecule has 0 spiro atoms. The number of methoxy groups -OCH3 is 2. The van der Waals surface area contributed by atoms with Gasteiger partial charge in [-0.15, -0.1) is 0 Å². The maximum Gasteiger partial charge on any atom is 0.251 e. The van der Waals surface area contributed by atoms with Crippen LogP contribution in [0.15, 0.2) is 36.4 Å². The fourth-order valence-corrected chi connectivity index (χ4v) is 3.20. The topological polar surface area (TPSA) is 66.0 Å². The second-order valence-corrected chi connectivity index (χ2v) is 6.86. The quantitative estimate of drug-likeness (QED) is 0.722.